The maximum absolute atomic E-state index is 12.6. The highest BCUT2D eigenvalue weighted by molar-refractivity contribution is 7.89. The van der Waals surface area contributed by atoms with Crippen LogP contribution in [0.1, 0.15) is 23.0 Å². The molecule has 0 atom stereocenters. The molecule has 0 saturated carbocycles. The Labute approximate surface area is 169 Å². The van der Waals surface area contributed by atoms with Gasteiger partial charge in [-0.15, -0.1) is 0 Å². The van der Waals surface area contributed by atoms with Crippen molar-refractivity contribution < 1.29 is 27.5 Å². The zero-order chi connectivity index (χ0) is 20.9. The minimum Gasteiger partial charge on any atom is -0.451 e. The summed E-state index contributed by atoms with van der Waals surface area (Å²) in [4.78, 5) is 26.7. The van der Waals surface area contributed by atoms with Crippen LogP contribution in [0.5, 0.6) is 0 Å². The number of sulfonamides is 1. The number of aromatic amines is 1. The van der Waals surface area contributed by atoms with E-state index in [2.05, 4.69) is 10.3 Å². The lowest BCUT2D eigenvalue weighted by molar-refractivity contribution is -0.119. The first-order valence-electron chi connectivity index (χ1n) is 9.22. The zero-order valence-electron chi connectivity index (χ0n) is 16.0. The van der Waals surface area contributed by atoms with E-state index < -0.39 is 28.5 Å². The number of carbonyl (C=O) groups is 2. The Bertz CT molecular complexity index is 962. The van der Waals surface area contributed by atoms with Gasteiger partial charge in [0.2, 0.25) is 10.0 Å². The molecule has 0 radical (unpaired) electrons. The molecule has 0 unspecified atom stereocenters. The van der Waals surface area contributed by atoms with Crippen LogP contribution >= 0.6 is 0 Å². The molecule has 156 valence electrons. The van der Waals surface area contributed by atoms with Crippen LogP contribution in [0.15, 0.2) is 41.4 Å². The molecule has 0 spiro atoms. The Morgan fingerprint density at radius 3 is 2.55 bits per heavy atom. The van der Waals surface area contributed by atoms with Gasteiger partial charge in [0, 0.05) is 25.0 Å². The summed E-state index contributed by atoms with van der Waals surface area (Å²) in [5, 5.41) is 2.63. The number of amides is 1. The molecular weight excluding hydrogens is 398 g/mol. The second-order valence-corrected chi connectivity index (χ2v) is 8.38. The van der Waals surface area contributed by atoms with Gasteiger partial charge in [-0.1, -0.05) is 19.1 Å². The molecule has 10 heteroatoms. The molecule has 0 bridgehead atoms. The van der Waals surface area contributed by atoms with Gasteiger partial charge < -0.3 is 19.8 Å². The predicted octanol–water partition coefficient (Wildman–Crippen LogP) is 1.39. The SMILES string of the molecule is CCc1ccc(NC(=O)COC(=O)c2cc(S(=O)(=O)N3CCOCC3)c[nH]2)cc1. The second-order valence-electron chi connectivity index (χ2n) is 6.44. The van der Waals surface area contributed by atoms with Crippen molar-refractivity contribution in [2.24, 2.45) is 0 Å². The number of morpholine rings is 1. The number of carbonyl (C=O) groups excluding carboxylic acids is 2. The number of nitrogens with one attached hydrogen (secondary N) is 2. The van der Waals surface area contributed by atoms with Crippen molar-refractivity contribution in [2.45, 2.75) is 18.2 Å². The lowest BCUT2D eigenvalue weighted by atomic mass is 10.1. The molecular formula is C19H23N3O6S. The highest BCUT2D eigenvalue weighted by atomic mass is 32.2. The first-order chi connectivity index (χ1) is 13.9. The standard InChI is InChI=1S/C19H23N3O6S/c1-2-14-3-5-15(6-4-14)21-18(23)13-28-19(24)17-11-16(12-20-17)29(25,26)22-7-9-27-10-8-22/h3-6,11-12,20H,2,7-10,13H2,1H3,(H,21,23). The largest absolute Gasteiger partial charge is 0.451 e. The summed E-state index contributed by atoms with van der Waals surface area (Å²) in [5.74, 6) is -1.31. The Kier molecular flexibility index (Phi) is 6.68. The van der Waals surface area contributed by atoms with Crippen molar-refractivity contribution >= 4 is 27.6 Å². The number of esters is 1. The minimum absolute atomic E-state index is 0.0354. The van der Waals surface area contributed by atoms with Gasteiger partial charge in [-0.2, -0.15) is 4.31 Å². The van der Waals surface area contributed by atoms with Crippen LogP contribution in [0.2, 0.25) is 0 Å². The number of benzene rings is 1. The fraction of sp³-hybridized carbons (Fsp3) is 0.368. The Balaban J connectivity index is 1.55. The number of ether oxygens (including phenoxy) is 2. The molecule has 2 aromatic rings. The molecule has 1 aromatic carbocycles. The molecule has 1 saturated heterocycles. The smallest absolute Gasteiger partial charge is 0.355 e. The van der Waals surface area contributed by atoms with Crippen LogP contribution < -0.4 is 5.32 Å². The average molecular weight is 421 g/mol. The van der Waals surface area contributed by atoms with Gasteiger partial charge in [0.05, 0.1) is 13.2 Å². The topological polar surface area (TPSA) is 118 Å². The van der Waals surface area contributed by atoms with Gasteiger partial charge in [-0.25, -0.2) is 13.2 Å². The van der Waals surface area contributed by atoms with Crippen molar-refractivity contribution in [2.75, 3.05) is 38.2 Å². The van der Waals surface area contributed by atoms with Gasteiger partial charge in [-0.05, 0) is 30.2 Å². The number of rotatable bonds is 7. The molecule has 29 heavy (non-hydrogen) atoms. The van der Waals surface area contributed by atoms with E-state index in [-0.39, 0.29) is 23.7 Å². The summed E-state index contributed by atoms with van der Waals surface area (Å²) in [6, 6.07) is 8.54. The first-order valence-corrected chi connectivity index (χ1v) is 10.7. The maximum atomic E-state index is 12.6. The quantitative estimate of drug-likeness (QED) is 0.653. The summed E-state index contributed by atoms with van der Waals surface area (Å²) in [6.45, 7) is 2.72. The van der Waals surface area contributed by atoms with E-state index in [1.165, 1.54) is 16.6 Å². The Hall–Kier alpha value is -2.69. The van der Waals surface area contributed by atoms with Crippen molar-refractivity contribution in [3.63, 3.8) is 0 Å². The van der Waals surface area contributed by atoms with Gasteiger partial charge >= 0.3 is 5.97 Å². The number of H-pyrrole nitrogens is 1. The molecule has 2 N–H and O–H groups in total. The minimum atomic E-state index is -3.72. The molecule has 1 fully saturated rings. The molecule has 1 amide bonds. The highest BCUT2D eigenvalue weighted by Crippen LogP contribution is 2.18. The van der Waals surface area contributed by atoms with E-state index in [9.17, 15) is 18.0 Å². The van der Waals surface area contributed by atoms with Crippen LogP contribution in [-0.2, 0) is 30.7 Å². The lowest BCUT2D eigenvalue weighted by Gasteiger charge is -2.25. The molecule has 1 aliphatic heterocycles. The third-order valence-electron chi connectivity index (χ3n) is 4.46. The number of nitrogens with zero attached hydrogens (tertiary/aromatic N) is 1. The normalized spacial score (nSPS) is 15.1. The summed E-state index contributed by atoms with van der Waals surface area (Å²) < 4.78 is 36.6. The van der Waals surface area contributed by atoms with E-state index in [4.69, 9.17) is 9.47 Å². The molecule has 0 aliphatic carbocycles. The van der Waals surface area contributed by atoms with Gasteiger partial charge in [0.15, 0.2) is 6.61 Å². The van der Waals surface area contributed by atoms with E-state index in [1.54, 1.807) is 12.1 Å². The van der Waals surface area contributed by atoms with Crippen LogP contribution in [0, 0.1) is 0 Å². The monoisotopic (exact) mass is 421 g/mol. The summed E-state index contributed by atoms with van der Waals surface area (Å²) in [7, 11) is -3.72. The Morgan fingerprint density at radius 1 is 1.21 bits per heavy atom. The number of hydrogen-bond acceptors (Lipinski definition) is 6. The summed E-state index contributed by atoms with van der Waals surface area (Å²) in [5.41, 5.74) is 1.70. The van der Waals surface area contributed by atoms with Crippen molar-refractivity contribution in [1.29, 1.82) is 0 Å². The third kappa shape index (κ3) is 5.22. The predicted molar refractivity (Wildman–Crippen MR) is 105 cm³/mol. The number of aromatic nitrogens is 1. The Morgan fingerprint density at radius 2 is 1.90 bits per heavy atom. The molecule has 1 aliphatic rings. The van der Waals surface area contributed by atoms with E-state index >= 15 is 0 Å². The molecule has 2 heterocycles. The molecule has 9 nitrogen and oxygen atoms in total. The average Bonchev–Trinajstić information content (AvgIpc) is 3.24. The van der Waals surface area contributed by atoms with Gasteiger partial charge in [-0.3, -0.25) is 4.79 Å². The fourth-order valence-corrected chi connectivity index (χ4v) is 4.21. The maximum Gasteiger partial charge on any atom is 0.355 e. The highest BCUT2D eigenvalue weighted by Gasteiger charge is 2.28. The van der Waals surface area contributed by atoms with E-state index in [1.807, 2.05) is 19.1 Å². The fourth-order valence-electron chi connectivity index (χ4n) is 2.81. The number of anilines is 1. The van der Waals surface area contributed by atoms with Crippen molar-refractivity contribution in [1.82, 2.24) is 9.29 Å². The van der Waals surface area contributed by atoms with Crippen LogP contribution in [0.3, 0.4) is 0 Å². The van der Waals surface area contributed by atoms with Gasteiger partial charge in [0.25, 0.3) is 5.91 Å². The zero-order valence-corrected chi connectivity index (χ0v) is 16.8. The summed E-state index contributed by atoms with van der Waals surface area (Å²) in [6.07, 6.45) is 2.13. The number of aryl methyl sites for hydroxylation is 1. The lowest BCUT2D eigenvalue weighted by Crippen LogP contribution is -2.40. The first kappa shape index (κ1) is 21.0. The van der Waals surface area contributed by atoms with Crippen LogP contribution in [-0.4, -0.2) is 62.5 Å². The van der Waals surface area contributed by atoms with E-state index in [0.717, 1.165) is 12.0 Å². The van der Waals surface area contributed by atoms with Crippen molar-refractivity contribution in [3.8, 4) is 0 Å². The van der Waals surface area contributed by atoms with E-state index in [0.29, 0.717) is 18.9 Å². The number of hydrogen-bond donors (Lipinski definition) is 2. The van der Waals surface area contributed by atoms with Crippen LogP contribution in [0.25, 0.3) is 0 Å². The van der Waals surface area contributed by atoms with Crippen molar-refractivity contribution in [3.05, 3.63) is 47.8 Å². The summed E-state index contributed by atoms with van der Waals surface area (Å²) >= 11 is 0. The molecule has 1 aromatic heterocycles. The van der Waals surface area contributed by atoms with Crippen LogP contribution in [0.4, 0.5) is 5.69 Å². The van der Waals surface area contributed by atoms with Gasteiger partial charge in [0.1, 0.15) is 10.6 Å². The second kappa shape index (κ2) is 9.21. The third-order valence-corrected chi connectivity index (χ3v) is 6.34. The molecule has 3 rings (SSSR count).